The Labute approximate surface area is 150 Å². The van der Waals surface area contributed by atoms with Crippen LogP contribution in [0, 0.1) is 0 Å². The molecule has 5 rings (SSSR count). The number of benzene rings is 1. The molecular formula is C19H18N6O. The van der Waals surface area contributed by atoms with Crippen molar-refractivity contribution in [2.24, 2.45) is 0 Å². The van der Waals surface area contributed by atoms with Crippen LogP contribution in [0.1, 0.15) is 47.3 Å². The van der Waals surface area contributed by atoms with Gasteiger partial charge < -0.3 is 9.88 Å². The van der Waals surface area contributed by atoms with Crippen LogP contribution in [0.4, 0.5) is 5.69 Å². The average Bonchev–Trinajstić information content (AvgIpc) is 3.28. The first-order valence-corrected chi connectivity index (χ1v) is 8.95. The van der Waals surface area contributed by atoms with Crippen LogP contribution in [0.15, 0.2) is 36.5 Å². The number of carbonyl (C=O) groups excluding carboxylic acids is 1. The third kappa shape index (κ3) is 2.75. The topological polar surface area (TPSA) is 85.6 Å². The lowest BCUT2D eigenvalue weighted by molar-refractivity contribution is 0.102. The molecule has 3 aromatic rings. The van der Waals surface area contributed by atoms with Crippen molar-refractivity contribution in [2.45, 2.75) is 38.1 Å². The van der Waals surface area contributed by atoms with Crippen molar-refractivity contribution < 1.29 is 4.79 Å². The third-order valence-electron chi connectivity index (χ3n) is 4.84. The van der Waals surface area contributed by atoms with E-state index in [2.05, 4.69) is 30.0 Å². The second-order valence-electron chi connectivity index (χ2n) is 6.80. The fourth-order valence-corrected chi connectivity index (χ4v) is 3.33. The van der Waals surface area contributed by atoms with Gasteiger partial charge in [0.1, 0.15) is 17.3 Å². The van der Waals surface area contributed by atoms with Crippen LogP contribution in [0.3, 0.4) is 0 Å². The van der Waals surface area contributed by atoms with Gasteiger partial charge in [-0.2, -0.15) is 0 Å². The first kappa shape index (κ1) is 15.2. The van der Waals surface area contributed by atoms with Crippen LogP contribution < -0.4 is 5.32 Å². The summed E-state index contributed by atoms with van der Waals surface area (Å²) in [6.45, 7) is 0.944. The Hall–Kier alpha value is -3.09. The first-order valence-electron chi connectivity index (χ1n) is 8.95. The molecule has 0 spiro atoms. The Balaban J connectivity index is 1.39. The Morgan fingerprint density at radius 3 is 3.00 bits per heavy atom. The number of aryl methyl sites for hydroxylation is 1. The molecule has 0 radical (unpaired) electrons. The average molecular weight is 346 g/mol. The Morgan fingerprint density at radius 1 is 1.19 bits per heavy atom. The van der Waals surface area contributed by atoms with Crippen molar-refractivity contribution in [1.82, 2.24) is 24.7 Å². The number of amides is 1. The molecule has 0 saturated heterocycles. The van der Waals surface area contributed by atoms with Gasteiger partial charge >= 0.3 is 0 Å². The highest BCUT2D eigenvalue weighted by atomic mass is 16.1. The zero-order chi connectivity index (χ0) is 17.5. The van der Waals surface area contributed by atoms with Crippen LogP contribution in [-0.2, 0) is 13.0 Å². The summed E-state index contributed by atoms with van der Waals surface area (Å²) in [5, 5.41) is 11.5. The largest absolute Gasteiger partial charge is 0.321 e. The van der Waals surface area contributed by atoms with E-state index in [4.69, 9.17) is 0 Å². The molecule has 0 bridgehead atoms. The predicted molar refractivity (Wildman–Crippen MR) is 95.7 cm³/mol. The number of rotatable bonds is 4. The fraction of sp³-hybridized carbons (Fsp3) is 0.316. The highest BCUT2D eigenvalue weighted by Crippen LogP contribution is 2.37. The Morgan fingerprint density at radius 2 is 2.12 bits per heavy atom. The van der Waals surface area contributed by atoms with Crippen molar-refractivity contribution in [3.8, 4) is 11.4 Å². The van der Waals surface area contributed by atoms with Crippen molar-refractivity contribution in [1.29, 1.82) is 0 Å². The molecule has 1 aliphatic heterocycles. The summed E-state index contributed by atoms with van der Waals surface area (Å²) in [4.78, 5) is 21.2. The molecule has 3 heterocycles. The summed E-state index contributed by atoms with van der Waals surface area (Å²) in [7, 11) is 0. The second-order valence-corrected chi connectivity index (χ2v) is 6.80. The number of hydrogen-bond acceptors (Lipinski definition) is 5. The first-order chi connectivity index (χ1) is 12.8. The minimum absolute atomic E-state index is 0.224. The van der Waals surface area contributed by atoms with Gasteiger partial charge in [-0.1, -0.05) is 12.1 Å². The molecule has 130 valence electrons. The van der Waals surface area contributed by atoms with Gasteiger partial charge in [0.2, 0.25) is 0 Å². The number of anilines is 1. The summed E-state index contributed by atoms with van der Waals surface area (Å²) < 4.78 is 2.15. The molecule has 7 nitrogen and oxygen atoms in total. The monoisotopic (exact) mass is 346 g/mol. The summed E-state index contributed by atoms with van der Waals surface area (Å²) >= 11 is 0. The molecule has 1 aliphatic carbocycles. The number of carbonyl (C=O) groups is 1. The number of fused-ring (bicyclic) bond motifs is 1. The standard InChI is InChI=1S/C19H18N6O/c26-19(15-8-9-20-17(22-15)12-6-7-12)21-14-4-1-3-13(11-14)18-24-23-16-5-2-10-25(16)18/h1,3-4,8-9,11-12H,2,5-7,10H2,(H,21,26). The zero-order valence-corrected chi connectivity index (χ0v) is 14.2. The van der Waals surface area contributed by atoms with Gasteiger partial charge in [-0.05, 0) is 37.5 Å². The highest BCUT2D eigenvalue weighted by Gasteiger charge is 2.27. The molecule has 0 unspecified atom stereocenters. The van der Waals surface area contributed by atoms with E-state index in [1.54, 1.807) is 12.3 Å². The maximum absolute atomic E-state index is 12.6. The second kappa shape index (κ2) is 6.01. The molecule has 7 heteroatoms. The van der Waals surface area contributed by atoms with Crippen LogP contribution in [0.25, 0.3) is 11.4 Å². The maximum Gasteiger partial charge on any atom is 0.274 e. The lowest BCUT2D eigenvalue weighted by Crippen LogP contribution is -2.15. The molecule has 2 aliphatic rings. The van der Waals surface area contributed by atoms with Crippen molar-refractivity contribution >= 4 is 11.6 Å². The lowest BCUT2D eigenvalue weighted by atomic mass is 10.2. The van der Waals surface area contributed by atoms with Gasteiger partial charge in [-0.3, -0.25) is 4.79 Å². The quantitative estimate of drug-likeness (QED) is 0.785. The van der Waals surface area contributed by atoms with Crippen molar-refractivity contribution in [3.63, 3.8) is 0 Å². The van der Waals surface area contributed by atoms with Gasteiger partial charge in [-0.25, -0.2) is 9.97 Å². The Kier molecular flexibility index (Phi) is 3.51. The van der Waals surface area contributed by atoms with Crippen LogP contribution in [0.5, 0.6) is 0 Å². The number of nitrogens with one attached hydrogen (secondary N) is 1. The molecule has 1 fully saturated rings. The van der Waals surface area contributed by atoms with E-state index in [9.17, 15) is 4.79 Å². The molecular weight excluding hydrogens is 328 g/mol. The third-order valence-corrected chi connectivity index (χ3v) is 4.84. The van der Waals surface area contributed by atoms with Crippen molar-refractivity contribution in [2.75, 3.05) is 5.32 Å². The minimum atomic E-state index is -0.224. The van der Waals surface area contributed by atoms with Gasteiger partial charge in [0.15, 0.2) is 5.82 Å². The normalized spacial score (nSPS) is 15.7. The number of aromatic nitrogens is 5. The van der Waals surface area contributed by atoms with Crippen LogP contribution in [0.2, 0.25) is 0 Å². The van der Waals surface area contributed by atoms with E-state index in [1.165, 1.54) is 0 Å². The van der Waals surface area contributed by atoms with Gasteiger partial charge in [0, 0.05) is 36.3 Å². The van der Waals surface area contributed by atoms with E-state index >= 15 is 0 Å². The lowest BCUT2D eigenvalue weighted by Gasteiger charge is -2.08. The van der Waals surface area contributed by atoms with Gasteiger partial charge in [-0.15, -0.1) is 10.2 Å². The number of hydrogen-bond donors (Lipinski definition) is 1. The van der Waals surface area contributed by atoms with Gasteiger partial charge in [0.25, 0.3) is 5.91 Å². The maximum atomic E-state index is 12.6. The molecule has 2 aromatic heterocycles. The molecule has 26 heavy (non-hydrogen) atoms. The summed E-state index contributed by atoms with van der Waals surface area (Å²) in [6, 6.07) is 9.34. The predicted octanol–water partition coefficient (Wildman–Crippen LogP) is 2.81. The van der Waals surface area contributed by atoms with Crippen molar-refractivity contribution in [3.05, 3.63) is 53.9 Å². The highest BCUT2D eigenvalue weighted by molar-refractivity contribution is 6.03. The van der Waals surface area contributed by atoms with E-state index in [1.807, 2.05) is 24.3 Å². The van der Waals surface area contributed by atoms with Gasteiger partial charge in [0.05, 0.1) is 0 Å². The number of nitrogens with zero attached hydrogens (tertiary/aromatic N) is 5. The smallest absolute Gasteiger partial charge is 0.274 e. The molecule has 1 N–H and O–H groups in total. The van der Waals surface area contributed by atoms with Crippen LogP contribution >= 0.6 is 0 Å². The van der Waals surface area contributed by atoms with E-state index in [-0.39, 0.29) is 5.91 Å². The summed E-state index contributed by atoms with van der Waals surface area (Å²) in [5.41, 5.74) is 2.06. The van der Waals surface area contributed by atoms with E-state index in [0.717, 1.165) is 61.0 Å². The SMILES string of the molecule is O=C(Nc1cccc(-c2nnc3n2CCC3)c1)c1ccnc(C2CC2)n1. The van der Waals surface area contributed by atoms with Crippen LogP contribution in [-0.4, -0.2) is 30.6 Å². The Bertz CT molecular complexity index is 991. The summed E-state index contributed by atoms with van der Waals surface area (Å²) in [5.74, 6) is 2.85. The molecule has 1 amide bonds. The minimum Gasteiger partial charge on any atom is -0.321 e. The van der Waals surface area contributed by atoms with E-state index < -0.39 is 0 Å². The fourth-order valence-electron chi connectivity index (χ4n) is 3.33. The van der Waals surface area contributed by atoms with E-state index in [0.29, 0.717) is 11.6 Å². The molecule has 1 saturated carbocycles. The molecule has 0 atom stereocenters. The molecule has 1 aromatic carbocycles. The summed E-state index contributed by atoms with van der Waals surface area (Å²) in [6.07, 6.45) is 5.95. The zero-order valence-electron chi connectivity index (χ0n) is 14.2.